The van der Waals surface area contributed by atoms with Crippen LogP contribution in [0.5, 0.6) is 0 Å². The Kier molecular flexibility index (Phi) is 18200. The van der Waals surface area contributed by atoms with E-state index in [1.807, 2.05) is 0 Å². The van der Waals surface area contributed by atoms with E-state index in [4.69, 9.17) is 20.4 Å². The van der Waals surface area contributed by atoms with Crippen LogP contribution < -0.4 is 10.2 Å². The second-order valence-corrected chi connectivity index (χ2v) is 0.408. The Morgan fingerprint density at radius 3 is 0.714 bits per heavy atom. The van der Waals surface area contributed by atoms with E-state index in [0.717, 1.165) is 28.4 Å². The summed E-state index contributed by atoms with van der Waals surface area (Å²) in [6.07, 6.45) is 0. The van der Waals surface area contributed by atoms with Gasteiger partial charge in [0.05, 0.1) is 0 Å². The third kappa shape index (κ3) is 13000. The SMILES string of the molecule is CO.CO.COC.C[O-].C[O-].O.[OH-].[OH-]. The zero-order chi connectivity index (χ0) is 10.7. The van der Waals surface area contributed by atoms with E-state index in [2.05, 4.69) is 4.74 Å². The number of hydrogen-bond donors (Lipinski definition) is 2. The van der Waals surface area contributed by atoms with E-state index in [-0.39, 0.29) is 16.4 Å². The van der Waals surface area contributed by atoms with Crippen LogP contribution in [0.1, 0.15) is 0 Å². The maximum atomic E-state index is 8.25. The van der Waals surface area contributed by atoms with Crippen molar-refractivity contribution < 1.29 is 41.6 Å². The van der Waals surface area contributed by atoms with Crippen LogP contribution >= 0.6 is 0 Å². The zero-order valence-electron chi connectivity index (χ0n) is 9.51. The van der Waals surface area contributed by atoms with Gasteiger partial charge in [0.2, 0.25) is 0 Å². The standard InChI is InChI=1S/C2H6O.2CH4O.2CH3O.3H2O/c1-3-2;4*1-2;;;/h1-2H3;2*2H,1H3;2*1H3;3*1H2/q;;;2*-1;;;/p-2. The first-order chi connectivity index (χ1) is 5.41. The number of hydrogen-bond acceptors (Lipinski definition) is 7. The Morgan fingerprint density at radius 2 is 0.714 bits per heavy atom. The Morgan fingerprint density at radius 1 is 0.714 bits per heavy atom. The lowest BCUT2D eigenvalue weighted by Gasteiger charge is -1.61. The lowest BCUT2D eigenvalue weighted by Crippen LogP contribution is -1.81. The fraction of sp³-hybridized carbons (Fsp3) is 1.00. The van der Waals surface area contributed by atoms with Crippen molar-refractivity contribution in [3.05, 3.63) is 0 Å². The third-order valence-electron chi connectivity index (χ3n) is 0. The summed E-state index contributed by atoms with van der Waals surface area (Å²) in [6, 6.07) is 0. The van der Waals surface area contributed by atoms with Gasteiger partial charge in [-0.1, -0.05) is 0 Å². The highest BCUT2D eigenvalue weighted by atomic mass is 16.4. The molecule has 100 valence electrons. The molecule has 0 aromatic carbocycles. The van der Waals surface area contributed by atoms with Gasteiger partial charge < -0.3 is 41.6 Å². The normalized spacial score (nSPS) is 3.00. The van der Waals surface area contributed by atoms with Crippen molar-refractivity contribution >= 4 is 0 Å². The van der Waals surface area contributed by atoms with E-state index in [1.165, 1.54) is 0 Å². The van der Waals surface area contributed by atoms with Crippen LogP contribution in [0, 0.1) is 0 Å². The van der Waals surface area contributed by atoms with Crippen LogP contribution in [-0.4, -0.2) is 69.3 Å². The van der Waals surface area contributed by atoms with E-state index in [1.54, 1.807) is 14.2 Å². The molecular formula is C6H24O8-4. The van der Waals surface area contributed by atoms with Crippen LogP contribution in [0.15, 0.2) is 0 Å². The Hall–Kier alpha value is -0.320. The molecule has 0 heterocycles. The molecule has 8 nitrogen and oxygen atoms in total. The van der Waals surface area contributed by atoms with E-state index < -0.39 is 0 Å². The molecule has 14 heavy (non-hydrogen) atoms. The fourth-order valence-electron chi connectivity index (χ4n) is 0. The van der Waals surface area contributed by atoms with Crippen molar-refractivity contribution in [2.24, 2.45) is 0 Å². The third-order valence-corrected chi connectivity index (χ3v) is 0. The molecule has 0 saturated heterocycles. The van der Waals surface area contributed by atoms with Crippen LogP contribution in [-0.2, 0) is 4.74 Å². The van der Waals surface area contributed by atoms with Crippen LogP contribution in [0.3, 0.4) is 0 Å². The molecule has 0 aliphatic carbocycles. The molecule has 0 radical (unpaired) electrons. The maximum Gasteiger partial charge on any atom is 0.0351 e. The summed E-state index contributed by atoms with van der Waals surface area (Å²) in [4.78, 5) is 0. The molecular weight excluding hydrogens is 200 g/mol. The van der Waals surface area contributed by atoms with Gasteiger partial charge in [0.15, 0.2) is 0 Å². The van der Waals surface area contributed by atoms with Crippen LogP contribution in [0.2, 0.25) is 0 Å². The molecule has 0 amide bonds. The maximum absolute atomic E-state index is 8.25. The van der Waals surface area contributed by atoms with Gasteiger partial charge in [0.25, 0.3) is 0 Å². The van der Waals surface area contributed by atoms with Crippen molar-refractivity contribution in [1.82, 2.24) is 0 Å². The van der Waals surface area contributed by atoms with Crippen LogP contribution in [0.25, 0.3) is 0 Å². The minimum atomic E-state index is 0. The van der Waals surface area contributed by atoms with Gasteiger partial charge in [-0.05, 0) is 0 Å². The van der Waals surface area contributed by atoms with Crippen LogP contribution in [0.4, 0.5) is 0 Å². The van der Waals surface area contributed by atoms with Crippen molar-refractivity contribution in [3.63, 3.8) is 0 Å². The summed E-state index contributed by atoms with van der Waals surface area (Å²) in [6.45, 7) is 0. The summed E-state index contributed by atoms with van der Waals surface area (Å²) in [5, 5.41) is 30.5. The van der Waals surface area contributed by atoms with Crippen molar-refractivity contribution in [2.45, 2.75) is 0 Å². The van der Waals surface area contributed by atoms with Gasteiger partial charge in [-0.15, -0.1) is 0 Å². The quantitative estimate of drug-likeness (QED) is 0.422. The van der Waals surface area contributed by atoms with E-state index >= 15 is 0 Å². The predicted molar refractivity (Wildman–Crippen MR) is 48.6 cm³/mol. The molecule has 8 heteroatoms. The molecule has 0 saturated carbocycles. The highest BCUT2D eigenvalue weighted by Crippen LogP contribution is 1.28. The largest absolute Gasteiger partial charge is 0.870 e. The molecule has 0 spiro atoms. The average Bonchev–Trinajstić information content (AvgIpc) is 2.18. The first-order valence-corrected chi connectivity index (χ1v) is 2.53. The second-order valence-electron chi connectivity index (χ2n) is 0.408. The Balaban J connectivity index is -0.00000000515. The summed E-state index contributed by atoms with van der Waals surface area (Å²) in [5.74, 6) is 0. The molecule has 6 N–H and O–H groups in total. The molecule has 0 aromatic rings. The number of rotatable bonds is 0. The first-order valence-electron chi connectivity index (χ1n) is 2.53. The highest BCUT2D eigenvalue weighted by molar-refractivity contribution is 3.56. The number of aliphatic hydroxyl groups excluding tert-OH is 2. The Labute approximate surface area is 85.3 Å². The molecule has 0 aliphatic rings. The summed E-state index contributed by atoms with van der Waals surface area (Å²) >= 11 is 0. The topological polar surface area (TPSA) is 187 Å². The summed E-state index contributed by atoms with van der Waals surface area (Å²) < 4.78 is 4.25. The molecule has 0 aliphatic heterocycles. The number of ether oxygens (including phenoxy) is 1. The fourth-order valence-corrected chi connectivity index (χ4v) is 0. The second kappa shape index (κ2) is 3740. The van der Waals surface area contributed by atoms with E-state index in [0.29, 0.717) is 0 Å². The number of aliphatic hydroxyl groups is 2. The molecule has 0 unspecified atom stereocenters. The van der Waals surface area contributed by atoms with Gasteiger partial charge in [0.1, 0.15) is 0 Å². The highest BCUT2D eigenvalue weighted by Gasteiger charge is 1.25. The van der Waals surface area contributed by atoms with Gasteiger partial charge in [-0.25, -0.2) is 0 Å². The first kappa shape index (κ1) is 68.2. The lowest BCUT2D eigenvalue weighted by molar-refractivity contribution is -0.325. The van der Waals surface area contributed by atoms with Gasteiger partial charge >= 0.3 is 0 Å². The van der Waals surface area contributed by atoms with Gasteiger partial charge in [0, 0.05) is 28.4 Å². The molecule has 0 fully saturated rings. The summed E-state index contributed by atoms with van der Waals surface area (Å²) in [7, 11) is 6.75. The summed E-state index contributed by atoms with van der Waals surface area (Å²) in [5.41, 5.74) is 0. The number of methoxy groups -OCH3 is 1. The Bertz CT molecular complexity index is 13.8. The minimum Gasteiger partial charge on any atom is -0.870 e. The van der Waals surface area contributed by atoms with E-state index in [9.17, 15) is 0 Å². The molecule has 0 bridgehead atoms. The average molecular weight is 224 g/mol. The lowest BCUT2D eigenvalue weighted by atomic mass is 11.6. The minimum absolute atomic E-state index is 0. The zero-order valence-corrected chi connectivity index (χ0v) is 9.51. The van der Waals surface area contributed by atoms with Crippen molar-refractivity contribution in [1.29, 1.82) is 0 Å². The molecule has 0 atom stereocenters. The predicted octanol–water partition coefficient (Wildman–Crippen LogP) is -3.75. The smallest absolute Gasteiger partial charge is 0.0351 e. The van der Waals surface area contributed by atoms with Crippen molar-refractivity contribution in [3.8, 4) is 0 Å². The monoisotopic (exact) mass is 224 g/mol. The molecule has 0 rings (SSSR count). The van der Waals surface area contributed by atoms with Gasteiger partial charge in [-0.2, -0.15) is 14.2 Å². The van der Waals surface area contributed by atoms with Crippen molar-refractivity contribution in [2.75, 3.05) is 42.7 Å². The molecule has 0 aromatic heterocycles. The van der Waals surface area contributed by atoms with Gasteiger partial charge in [-0.3, -0.25) is 0 Å².